The molecule has 0 aliphatic heterocycles. The van der Waals surface area contributed by atoms with Crippen LogP contribution in [0.4, 0.5) is 13.2 Å². The molecule has 0 fully saturated rings. The van der Waals surface area contributed by atoms with Crippen LogP contribution in [0.25, 0.3) is 10.9 Å². The average Bonchev–Trinajstić information content (AvgIpc) is 2.47. The molecule has 0 saturated carbocycles. The van der Waals surface area contributed by atoms with E-state index < -0.39 is 23.0 Å². The van der Waals surface area contributed by atoms with Gasteiger partial charge in [-0.2, -0.15) is 0 Å². The van der Waals surface area contributed by atoms with Crippen LogP contribution >= 0.6 is 0 Å². The summed E-state index contributed by atoms with van der Waals surface area (Å²) in [6, 6.07) is 7.39. The first-order chi connectivity index (χ1) is 10.1. The first-order valence-electron chi connectivity index (χ1n) is 6.14. The van der Waals surface area contributed by atoms with Crippen molar-refractivity contribution in [1.29, 1.82) is 0 Å². The van der Waals surface area contributed by atoms with Gasteiger partial charge in [-0.05, 0) is 24.3 Å². The van der Waals surface area contributed by atoms with E-state index in [0.717, 1.165) is 16.7 Å². The molecule has 0 N–H and O–H groups in total. The van der Waals surface area contributed by atoms with Gasteiger partial charge in [0.2, 0.25) is 0 Å². The van der Waals surface area contributed by atoms with Gasteiger partial charge in [-0.15, -0.1) is 0 Å². The van der Waals surface area contributed by atoms with E-state index in [0.29, 0.717) is 5.52 Å². The molecule has 106 valence electrons. The van der Waals surface area contributed by atoms with Crippen molar-refractivity contribution < 1.29 is 13.2 Å². The molecule has 2 aromatic carbocycles. The Hall–Kier alpha value is -2.63. The highest BCUT2D eigenvalue weighted by atomic mass is 19.2. The fourth-order valence-electron chi connectivity index (χ4n) is 2.10. The molecule has 3 rings (SSSR count). The quantitative estimate of drug-likeness (QED) is 0.727. The minimum Gasteiger partial charge on any atom is -0.294 e. The fraction of sp³-hybridized carbons (Fsp3) is 0.0667. The van der Waals surface area contributed by atoms with Crippen LogP contribution < -0.4 is 5.56 Å². The molecule has 21 heavy (non-hydrogen) atoms. The van der Waals surface area contributed by atoms with Gasteiger partial charge in [-0.3, -0.25) is 9.36 Å². The third-order valence-electron chi connectivity index (χ3n) is 3.16. The molecule has 0 unspecified atom stereocenters. The molecular weight excluding hydrogens is 281 g/mol. The van der Waals surface area contributed by atoms with Crippen molar-refractivity contribution in [2.45, 2.75) is 6.54 Å². The highest BCUT2D eigenvalue weighted by molar-refractivity contribution is 5.77. The zero-order valence-electron chi connectivity index (χ0n) is 10.7. The molecule has 1 aromatic heterocycles. The van der Waals surface area contributed by atoms with Crippen molar-refractivity contribution in [2.75, 3.05) is 0 Å². The van der Waals surface area contributed by atoms with E-state index in [1.54, 1.807) is 0 Å². The van der Waals surface area contributed by atoms with E-state index in [1.807, 2.05) is 0 Å². The Bertz CT molecular complexity index is 890. The van der Waals surface area contributed by atoms with Crippen LogP contribution in [0.2, 0.25) is 0 Å². The van der Waals surface area contributed by atoms with Crippen molar-refractivity contribution >= 4 is 10.9 Å². The van der Waals surface area contributed by atoms with Crippen LogP contribution in [0.15, 0.2) is 47.5 Å². The van der Waals surface area contributed by atoms with Crippen molar-refractivity contribution in [3.05, 3.63) is 76.1 Å². The third kappa shape index (κ3) is 2.40. The predicted octanol–water partition coefficient (Wildman–Crippen LogP) is 2.86. The second-order valence-electron chi connectivity index (χ2n) is 4.55. The minimum absolute atomic E-state index is 0.0228. The van der Waals surface area contributed by atoms with Crippen molar-refractivity contribution in [2.24, 2.45) is 0 Å². The lowest BCUT2D eigenvalue weighted by molar-refractivity contribution is 0.494. The van der Waals surface area contributed by atoms with Crippen LogP contribution in [0.5, 0.6) is 0 Å². The Balaban J connectivity index is 2.11. The summed E-state index contributed by atoms with van der Waals surface area (Å²) in [4.78, 5) is 16.2. The fourth-order valence-corrected chi connectivity index (χ4v) is 2.10. The van der Waals surface area contributed by atoms with Crippen LogP contribution in [-0.4, -0.2) is 9.55 Å². The molecule has 0 amide bonds. The lowest BCUT2D eigenvalue weighted by Gasteiger charge is -2.08. The van der Waals surface area contributed by atoms with E-state index in [1.165, 1.54) is 30.6 Å². The molecule has 0 radical (unpaired) electrons. The van der Waals surface area contributed by atoms with Crippen molar-refractivity contribution in [3.63, 3.8) is 0 Å². The minimum atomic E-state index is -1.01. The topological polar surface area (TPSA) is 34.9 Å². The van der Waals surface area contributed by atoms with E-state index in [2.05, 4.69) is 4.98 Å². The average molecular weight is 290 g/mol. The zero-order valence-corrected chi connectivity index (χ0v) is 10.7. The molecule has 0 aliphatic carbocycles. The summed E-state index contributed by atoms with van der Waals surface area (Å²) >= 11 is 0. The predicted molar refractivity (Wildman–Crippen MR) is 71.4 cm³/mol. The maximum atomic E-state index is 13.6. The van der Waals surface area contributed by atoms with Crippen molar-refractivity contribution in [3.8, 4) is 0 Å². The molecule has 0 atom stereocenters. The number of halogens is 3. The van der Waals surface area contributed by atoms with Crippen LogP contribution in [0.1, 0.15) is 5.56 Å². The van der Waals surface area contributed by atoms with Gasteiger partial charge in [0.1, 0.15) is 5.82 Å². The summed E-state index contributed by atoms with van der Waals surface area (Å²) in [6.07, 6.45) is 1.23. The number of hydrogen-bond donors (Lipinski definition) is 0. The van der Waals surface area contributed by atoms with Crippen LogP contribution in [-0.2, 0) is 6.54 Å². The Morgan fingerprint density at radius 3 is 2.71 bits per heavy atom. The smallest absolute Gasteiger partial charge is 0.261 e. The zero-order chi connectivity index (χ0) is 15.0. The van der Waals surface area contributed by atoms with E-state index in [9.17, 15) is 18.0 Å². The van der Waals surface area contributed by atoms with E-state index in [4.69, 9.17) is 0 Å². The molecule has 1 heterocycles. The summed E-state index contributed by atoms with van der Waals surface area (Å²) in [5.41, 5.74) is -0.143. The molecule has 0 bridgehead atoms. The number of benzene rings is 2. The SMILES string of the molecule is O=c1c2cc(F)ccc2ncn1Cc1cccc(F)c1F. The maximum Gasteiger partial charge on any atom is 0.261 e. The standard InChI is InChI=1S/C15H9F3N2O/c16-10-4-5-13-11(6-10)15(21)20(8-19-13)7-9-2-1-3-12(17)14(9)18/h1-6,8H,7H2. The highest BCUT2D eigenvalue weighted by Crippen LogP contribution is 2.13. The summed E-state index contributed by atoms with van der Waals surface area (Å²) in [7, 11) is 0. The summed E-state index contributed by atoms with van der Waals surface area (Å²) in [5, 5.41) is 0.0920. The first kappa shape index (κ1) is 13.4. The van der Waals surface area contributed by atoms with Crippen LogP contribution in [0.3, 0.4) is 0 Å². The Kier molecular flexibility index (Phi) is 3.21. The lowest BCUT2D eigenvalue weighted by atomic mass is 10.2. The molecule has 0 saturated heterocycles. The van der Waals surface area contributed by atoms with Gasteiger partial charge in [-0.1, -0.05) is 12.1 Å². The number of fused-ring (bicyclic) bond motifs is 1. The highest BCUT2D eigenvalue weighted by Gasteiger charge is 2.10. The monoisotopic (exact) mass is 290 g/mol. The van der Waals surface area contributed by atoms with Gasteiger partial charge in [0.15, 0.2) is 11.6 Å². The van der Waals surface area contributed by atoms with Gasteiger partial charge in [0, 0.05) is 5.56 Å². The van der Waals surface area contributed by atoms with Gasteiger partial charge < -0.3 is 0 Å². The molecular formula is C15H9F3N2O. The number of hydrogen-bond acceptors (Lipinski definition) is 2. The maximum absolute atomic E-state index is 13.6. The normalized spacial score (nSPS) is 11.0. The van der Waals surface area contributed by atoms with Crippen molar-refractivity contribution in [1.82, 2.24) is 9.55 Å². The second kappa shape index (κ2) is 5.05. The van der Waals surface area contributed by atoms with Gasteiger partial charge in [0.25, 0.3) is 5.56 Å². The Morgan fingerprint density at radius 2 is 1.90 bits per heavy atom. The summed E-state index contributed by atoms with van der Waals surface area (Å²) in [6.45, 7) is -0.179. The summed E-state index contributed by atoms with van der Waals surface area (Å²) < 4.78 is 41.1. The summed E-state index contributed by atoms with van der Waals surface area (Å²) in [5.74, 6) is -2.56. The van der Waals surface area contributed by atoms with Gasteiger partial charge in [-0.25, -0.2) is 18.2 Å². The third-order valence-corrected chi connectivity index (χ3v) is 3.16. The number of nitrogens with zero attached hydrogens (tertiary/aromatic N) is 2. The van der Waals surface area contributed by atoms with Crippen LogP contribution in [0, 0.1) is 17.5 Å². The molecule has 0 spiro atoms. The number of rotatable bonds is 2. The molecule has 6 heteroatoms. The lowest BCUT2D eigenvalue weighted by Crippen LogP contribution is -2.22. The Morgan fingerprint density at radius 1 is 1.10 bits per heavy atom. The first-order valence-corrected chi connectivity index (χ1v) is 6.14. The number of aromatic nitrogens is 2. The van der Waals surface area contributed by atoms with E-state index in [-0.39, 0.29) is 17.5 Å². The Labute approximate surface area is 117 Å². The largest absolute Gasteiger partial charge is 0.294 e. The molecule has 3 aromatic rings. The molecule has 3 nitrogen and oxygen atoms in total. The van der Waals surface area contributed by atoms with Gasteiger partial charge >= 0.3 is 0 Å². The molecule has 0 aliphatic rings. The van der Waals surface area contributed by atoms with E-state index >= 15 is 0 Å². The van der Waals surface area contributed by atoms with Gasteiger partial charge in [0.05, 0.1) is 23.8 Å². The second-order valence-corrected chi connectivity index (χ2v) is 4.55.